The minimum atomic E-state index is 0.134. The van der Waals surface area contributed by atoms with E-state index < -0.39 is 0 Å². The maximum Gasteiger partial charge on any atom is 0.224 e. The standard InChI is InChI=1S/C20H20ClN3O/c1-15(17-6-4-3-5-7-17)24(19-12-13-22-20(21)23-19)14-16-8-10-18(25-2)11-9-16/h3-13,15H,14H2,1-2H3. The molecule has 3 rings (SSSR count). The fourth-order valence-corrected chi connectivity index (χ4v) is 2.88. The molecule has 0 aliphatic carbocycles. The summed E-state index contributed by atoms with van der Waals surface area (Å²) in [6.07, 6.45) is 1.68. The molecule has 4 nitrogen and oxygen atoms in total. The Bertz CT molecular complexity index is 809. The van der Waals surface area contributed by atoms with Gasteiger partial charge in [-0.05, 0) is 47.9 Å². The summed E-state index contributed by atoms with van der Waals surface area (Å²) in [6.45, 7) is 2.86. The molecule has 1 aromatic heterocycles. The number of methoxy groups -OCH3 is 1. The third-order valence-corrected chi connectivity index (χ3v) is 4.35. The van der Waals surface area contributed by atoms with Gasteiger partial charge in [0.15, 0.2) is 0 Å². The summed E-state index contributed by atoms with van der Waals surface area (Å²) in [6, 6.07) is 20.4. The number of ether oxygens (including phenoxy) is 1. The molecular formula is C20H20ClN3O. The van der Waals surface area contributed by atoms with Crippen LogP contribution >= 0.6 is 11.6 Å². The Labute approximate surface area is 153 Å². The average Bonchev–Trinajstić information content (AvgIpc) is 2.67. The second kappa shape index (κ2) is 7.99. The third kappa shape index (κ3) is 4.28. The van der Waals surface area contributed by atoms with Gasteiger partial charge in [-0.25, -0.2) is 9.97 Å². The molecule has 25 heavy (non-hydrogen) atoms. The van der Waals surface area contributed by atoms with Gasteiger partial charge in [0.25, 0.3) is 0 Å². The van der Waals surface area contributed by atoms with Crippen LogP contribution in [0.5, 0.6) is 5.75 Å². The number of aromatic nitrogens is 2. The van der Waals surface area contributed by atoms with Gasteiger partial charge in [-0.3, -0.25) is 0 Å². The van der Waals surface area contributed by atoms with Gasteiger partial charge in [0, 0.05) is 12.7 Å². The molecule has 0 aliphatic rings. The van der Waals surface area contributed by atoms with Gasteiger partial charge >= 0.3 is 0 Å². The summed E-state index contributed by atoms with van der Waals surface area (Å²) >= 11 is 6.02. The summed E-state index contributed by atoms with van der Waals surface area (Å²) in [5.41, 5.74) is 2.38. The number of hydrogen-bond donors (Lipinski definition) is 0. The van der Waals surface area contributed by atoms with Crippen LogP contribution in [0.1, 0.15) is 24.1 Å². The zero-order valence-corrected chi connectivity index (χ0v) is 15.0. The van der Waals surface area contributed by atoms with Gasteiger partial charge in [0.2, 0.25) is 5.28 Å². The van der Waals surface area contributed by atoms with Crippen molar-refractivity contribution in [3.8, 4) is 5.75 Å². The van der Waals surface area contributed by atoms with Crippen LogP contribution in [0.15, 0.2) is 66.9 Å². The van der Waals surface area contributed by atoms with Gasteiger partial charge < -0.3 is 9.64 Å². The van der Waals surface area contributed by atoms with Crippen molar-refractivity contribution in [3.05, 3.63) is 83.3 Å². The lowest BCUT2D eigenvalue weighted by Gasteiger charge is -2.31. The van der Waals surface area contributed by atoms with Crippen molar-refractivity contribution in [2.24, 2.45) is 0 Å². The Morgan fingerprint density at radius 1 is 1.04 bits per heavy atom. The molecule has 0 bridgehead atoms. The Kier molecular flexibility index (Phi) is 5.51. The number of anilines is 1. The van der Waals surface area contributed by atoms with E-state index >= 15 is 0 Å². The zero-order chi connectivity index (χ0) is 17.6. The van der Waals surface area contributed by atoms with Gasteiger partial charge in [0.05, 0.1) is 13.2 Å². The van der Waals surface area contributed by atoms with Gasteiger partial charge in [0.1, 0.15) is 11.6 Å². The zero-order valence-electron chi connectivity index (χ0n) is 14.3. The molecule has 0 N–H and O–H groups in total. The molecule has 0 spiro atoms. The lowest BCUT2D eigenvalue weighted by Crippen LogP contribution is -2.27. The maximum absolute atomic E-state index is 6.02. The summed E-state index contributed by atoms with van der Waals surface area (Å²) in [5.74, 6) is 1.64. The maximum atomic E-state index is 6.02. The minimum absolute atomic E-state index is 0.134. The van der Waals surface area contributed by atoms with Crippen molar-refractivity contribution in [2.45, 2.75) is 19.5 Å². The van der Waals surface area contributed by atoms with Crippen molar-refractivity contribution in [1.29, 1.82) is 0 Å². The predicted molar refractivity (Wildman–Crippen MR) is 101 cm³/mol. The van der Waals surface area contributed by atoms with E-state index in [1.54, 1.807) is 13.3 Å². The quantitative estimate of drug-likeness (QED) is 0.590. The second-order valence-electron chi connectivity index (χ2n) is 5.75. The van der Waals surface area contributed by atoms with Gasteiger partial charge in [-0.15, -0.1) is 0 Å². The monoisotopic (exact) mass is 353 g/mol. The highest BCUT2D eigenvalue weighted by molar-refractivity contribution is 6.28. The molecule has 0 amide bonds. The van der Waals surface area contributed by atoms with E-state index in [1.165, 1.54) is 11.1 Å². The van der Waals surface area contributed by atoms with Crippen LogP contribution in [0, 0.1) is 0 Å². The highest BCUT2D eigenvalue weighted by atomic mass is 35.5. The largest absolute Gasteiger partial charge is 0.497 e. The van der Waals surface area contributed by atoms with Crippen molar-refractivity contribution in [3.63, 3.8) is 0 Å². The second-order valence-corrected chi connectivity index (χ2v) is 6.08. The SMILES string of the molecule is COc1ccc(CN(c2ccnc(Cl)n2)C(C)c2ccccc2)cc1. The molecule has 2 aromatic carbocycles. The smallest absolute Gasteiger partial charge is 0.224 e. The Morgan fingerprint density at radius 2 is 1.76 bits per heavy atom. The molecule has 1 atom stereocenters. The first-order valence-electron chi connectivity index (χ1n) is 8.10. The first kappa shape index (κ1) is 17.2. The normalized spacial score (nSPS) is 11.8. The Hall–Kier alpha value is -2.59. The van der Waals surface area contributed by atoms with E-state index in [0.29, 0.717) is 6.54 Å². The van der Waals surface area contributed by atoms with Gasteiger partial charge in [-0.2, -0.15) is 0 Å². The van der Waals surface area contributed by atoms with Crippen LogP contribution in [0.2, 0.25) is 5.28 Å². The molecule has 0 aliphatic heterocycles. The lowest BCUT2D eigenvalue weighted by molar-refractivity contribution is 0.414. The van der Waals surface area contributed by atoms with Crippen LogP contribution in [0.3, 0.4) is 0 Å². The molecule has 0 saturated heterocycles. The van der Waals surface area contributed by atoms with Crippen molar-refractivity contribution < 1.29 is 4.74 Å². The van der Waals surface area contributed by atoms with Crippen molar-refractivity contribution in [2.75, 3.05) is 12.0 Å². The van der Waals surface area contributed by atoms with Crippen molar-refractivity contribution in [1.82, 2.24) is 9.97 Å². The van der Waals surface area contributed by atoms with E-state index in [0.717, 1.165) is 11.6 Å². The molecule has 0 radical (unpaired) electrons. The number of nitrogens with zero attached hydrogens (tertiary/aromatic N) is 3. The molecule has 3 aromatic rings. The van der Waals surface area contributed by atoms with Crippen LogP contribution in [-0.4, -0.2) is 17.1 Å². The predicted octanol–water partition coefficient (Wildman–Crippen LogP) is 4.91. The fraction of sp³-hybridized carbons (Fsp3) is 0.200. The summed E-state index contributed by atoms with van der Waals surface area (Å²) in [7, 11) is 1.67. The van der Waals surface area contributed by atoms with E-state index in [4.69, 9.17) is 16.3 Å². The van der Waals surface area contributed by atoms with Crippen LogP contribution in [0.4, 0.5) is 5.82 Å². The molecular weight excluding hydrogens is 334 g/mol. The number of benzene rings is 2. The molecule has 5 heteroatoms. The summed E-state index contributed by atoms with van der Waals surface area (Å²) < 4.78 is 5.24. The third-order valence-electron chi connectivity index (χ3n) is 4.17. The number of rotatable bonds is 6. The minimum Gasteiger partial charge on any atom is -0.497 e. The molecule has 128 valence electrons. The fourth-order valence-electron chi connectivity index (χ4n) is 2.74. The number of hydrogen-bond acceptors (Lipinski definition) is 4. The first-order valence-corrected chi connectivity index (χ1v) is 8.48. The van der Waals surface area contributed by atoms with Gasteiger partial charge in [-0.1, -0.05) is 42.5 Å². The first-order chi connectivity index (χ1) is 12.2. The summed E-state index contributed by atoms with van der Waals surface area (Å²) in [5, 5.41) is 0.248. The van der Waals surface area contributed by atoms with Crippen LogP contribution < -0.4 is 9.64 Å². The topological polar surface area (TPSA) is 38.2 Å². The van der Waals surface area contributed by atoms with Crippen molar-refractivity contribution >= 4 is 17.4 Å². The number of halogens is 1. The van der Waals surface area contributed by atoms with E-state index in [2.05, 4.69) is 46.1 Å². The van der Waals surface area contributed by atoms with Crippen LogP contribution in [-0.2, 0) is 6.54 Å². The Balaban J connectivity index is 1.93. The molecule has 1 heterocycles. The van der Waals surface area contributed by atoms with E-state index in [-0.39, 0.29) is 11.3 Å². The molecule has 0 fully saturated rings. The Morgan fingerprint density at radius 3 is 2.40 bits per heavy atom. The van der Waals surface area contributed by atoms with E-state index in [9.17, 15) is 0 Å². The lowest BCUT2D eigenvalue weighted by atomic mass is 10.1. The van der Waals surface area contributed by atoms with Crippen LogP contribution in [0.25, 0.3) is 0 Å². The van der Waals surface area contributed by atoms with E-state index in [1.807, 2.05) is 36.4 Å². The molecule has 1 unspecified atom stereocenters. The summed E-state index contributed by atoms with van der Waals surface area (Å²) in [4.78, 5) is 10.6. The highest BCUT2D eigenvalue weighted by Crippen LogP contribution is 2.28. The highest BCUT2D eigenvalue weighted by Gasteiger charge is 2.18. The molecule has 0 saturated carbocycles. The average molecular weight is 354 g/mol.